The summed E-state index contributed by atoms with van der Waals surface area (Å²) in [5.41, 5.74) is 3.02. The van der Waals surface area contributed by atoms with Crippen LogP contribution in [0.3, 0.4) is 0 Å². The van der Waals surface area contributed by atoms with Crippen molar-refractivity contribution >= 4 is 16.4 Å². The maximum Gasteiger partial charge on any atom is 0.192 e. The van der Waals surface area contributed by atoms with Gasteiger partial charge >= 0.3 is 0 Å². The second-order valence-corrected chi connectivity index (χ2v) is 26.4. The molecular formula is C31H56OSi2. The lowest BCUT2D eigenvalue weighted by molar-refractivity contribution is -0.119. The molecule has 0 spiro atoms. The molecule has 0 radical (unpaired) electrons. The van der Waals surface area contributed by atoms with E-state index in [2.05, 4.69) is 67.4 Å². The van der Waals surface area contributed by atoms with Crippen LogP contribution in [0.4, 0.5) is 0 Å². The third-order valence-corrected chi connectivity index (χ3v) is 19.8. The smallest absolute Gasteiger partial charge is 0.192 e. The SMILES string of the molecule is CC(C)(C)[Si](C)(C)O[C@H]1CC[C@@H]2[C@@H]3CC[C@@H]4CC5=C([Si](C)(C)C)CC[C@@H]5C[C@]4(C)[C@@H]3CC[C@]12C. The van der Waals surface area contributed by atoms with E-state index < -0.39 is 16.4 Å². The summed E-state index contributed by atoms with van der Waals surface area (Å²) >= 11 is 0. The minimum absolute atomic E-state index is 0.313. The van der Waals surface area contributed by atoms with E-state index in [1.807, 2.05) is 10.8 Å². The Morgan fingerprint density at radius 3 is 2.15 bits per heavy atom. The van der Waals surface area contributed by atoms with Crippen molar-refractivity contribution in [3.05, 3.63) is 10.8 Å². The summed E-state index contributed by atoms with van der Waals surface area (Å²) in [6.07, 6.45) is 15.1. The summed E-state index contributed by atoms with van der Waals surface area (Å²) in [6, 6.07) is 0. The van der Waals surface area contributed by atoms with Gasteiger partial charge in [0.1, 0.15) is 0 Å². The Hall–Kier alpha value is 0.134. The third-order valence-electron chi connectivity index (χ3n) is 12.9. The Balaban J connectivity index is 1.37. The lowest BCUT2D eigenvalue weighted by Crippen LogP contribution is -2.55. The van der Waals surface area contributed by atoms with Crippen molar-refractivity contribution in [3.63, 3.8) is 0 Å². The fourth-order valence-corrected chi connectivity index (χ4v) is 13.5. The molecule has 0 aromatic carbocycles. The molecule has 4 fully saturated rings. The van der Waals surface area contributed by atoms with Crippen LogP contribution in [0, 0.1) is 40.4 Å². The largest absolute Gasteiger partial charge is 0.413 e. The van der Waals surface area contributed by atoms with Gasteiger partial charge in [0.05, 0.1) is 14.2 Å². The van der Waals surface area contributed by atoms with E-state index in [4.69, 9.17) is 4.43 Å². The summed E-state index contributed by atoms with van der Waals surface area (Å²) in [5, 5.41) is 2.30. The Morgan fingerprint density at radius 1 is 0.824 bits per heavy atom. The summed E-state index contributed by atoms with van der Waals surface area (Å²) < 4.78 is 7.18. The first-order valence-electron chi connectivity index (χ1n) is 15.0. The molecule has 34 heavy (non-hydrogen) atoms. The van der Waals surface area contributed by atoms with E-state index in [0.717, 1.165) is 29.6 Å². The van der Waals surface area contributed by atoms with Gasteiger partial charge < -0.3 is 4.43 Å². The van der Waals surface area contributed by atoms with Crippen LogP contribution >= 0.6 is 0 Å². The van der Waals surface area contributed by atoms with Crippen LogP contribution in [-0.2, 0) is 4.43 Å². The van der Waals surface area contributed by atoms with Gasteiger partial charge in [-0.15, -0.1) is 0 Å². The lowest BCUT2D eigenvalue weighted by atomic mass is 9.44. The Morgan fingerprint density at radius 2 is 1.50 bits per heavy atom. The lowest BCUT2D eigenvalue weighted by Gasteiger charge is -2.61. The van der Waals surface area contributed by atoms with Crippen LogP contribution in [0.25, 0.3) is 0 Å². The molecule has 0 saturated heterocycles. The van der Waals surface area contributed by atoms with Gasteiger partial charge in [-0.2, -0.15) is 0 Å². The van der Waals surface area contributed by atoms with E-state index >= 15 is 0 Å². The molecule has 0 aromatic rings. The minimum atomic E-state index is -1.72. The summed E-state index contributed by atoms with van der Waals surface area (Å²) in [6.45, 7) is 25.4. The number of hydrogen-bond donors (Lipinski definition) is 0. The number of allylic oxidation sites excluding steroid dienone is 2. The standard InChI is InChI=1S/C31H56OSi2/c1-29(2,3)34(9,10)32-28-16-14-25-23-13-12-22-19-24-21(11-15-27(24)33(6,7)8)20-31(22,5)26(23)17-18-30(25,28)4/h21-23,25-26,28H,11-20H2,1-10H3/t21-,22-,23+,25-,26-,28+,30+,31+/m1/s1. The van der Waals surface area contributed by atoms with E-state index in [1.54, 1.807) is 0 Å². The zero-order valence-electron chi connectivity index (χ0n) is 24.4. The molecule has 0 aliphatic heterocycles. The van der Waals surface area contributed by atoms with Crippen molar-refractivity contribution in [1.82, 2.24) is 0 Å². The van der Waals surface area contributed by atoms with Crippen LogP contribution in [-0.4, -0.2) is 22.5 Å². The van der Waals surface area contributed by atoms with Crippen molar-refractivity contribution < 1.29 is 4.43 Å². The zero-order valence-corrected chi connectivity index (χ0v) is 26.4. The summed E-state index contributed by atoms with van der Waals surface area (Å²) in [7, 11) is -2.87. The van der Waals surface area contributed by atoms with Crippen LogP contribution in [0.2, 0.25) is 37.8 Å². The normalized spacial score (nSPS) is 45.0. The van der Waals surface area contributed by atoms with Crippen LogP contribution < -0.4 is 0 Å². The van der Waals surface area contributed by atoms with Crippen molar-refractivity contribution in [2.24, 2.45) is 40.4 Å². The summed E-state index contributed by atoms with van der Waals surface area (Å²) in [4.78, 5) is 0. The average Bonchev–Trinajstić information content (AvgIpc) is 3.25. The highest BCUT2D eigenvalue weighted by atomic mass is 28.4. The van der Waals surface area contributed by atoms with E-state index in [1.165, 1.54) is 64.2 Å². The van der Waals surface area contributed by atoms with Gasteiger partial charge in [0.15, 0.2) is 8.32 Å². The average molecular weight is 501 g/mol. The molecule has 5 rings (SSSR count). The fourth-order valence-electron chi connectivity index (χ4n) is 9.93. The monoisotopic (exact) mass is 500 g/mol. The van der Waals surface area contributed by atoms with Gasteiger partial charge in [0, 0.05) is 0 Å². The van der Waals surface area contributed by atoms with Crippen molar-refractivity contribution in [2.45, 2.75) is 143 Å². The molecule has 8 atom stereocenters. The second-order valence-electron chi connectivity index (χ2n) is 16.5. The predicted octanol–water partition coefficient (Wildman–Crippen LogP) is 9.61. The Kier molecular flexibility index (Phi) is 6.11. The van der Waals surface area contributed by atoms with Gasteiger partial charge in [-0.05, 0) is 123 Å². The first-order chi connectivity index (χ1) is 15.6. The topological polar surface area (TPSA) is 9.23 Å². The van der Waals surface area contributed by atoms with Crippen LogP contribution in [0.5, 0.6) is 0 Å². The Labute approximate surface area is 214 Å². The predicted molar refractivity (Wildman–Crippen MR) is 152 cm³/mol. The molecule has 0 amide bonds. The maximum atomic E-state index is 7.18. The van der Waals surface area contributed by atoms with Crippen molar-refractivity contribution in [2.75, 3.05) is 0 Å². The molecule has 1 nitrogen and oxygen atoms in total. The van der Waals surface area contributed by atoms with Gasteiger partial charge in [0.2, 0.25) is 0 Å². The molecule has 3 heteroatoms. The molecule has 0 unspecified atom stereocenters. The van der Waals surface area contributed by atoms with E-state index in [9.17, 15) is 0 Å². The molecule has 194 valence electrons. The molecule has 0 bridgehead atoms. The Bertz CT molecular complexity index is 844. The highest BCUT2D eigenvalue weighted by Crippen LogP contribution is 2.69. The molecule has 5 aliphatic carbocycles. The highest BCUT2D eigenvalue weighted by molar-refractivity contribution is 6.83. The first-order valence-corrected chi connectivity index (χ1v) is 21.4. The number of fused-ring (bicyclic) bond motifs is 6. The van der Waals surface area contributed by atoms with E-state index in [0.29, 0.717) is 22.0 Å². The first kappa shape index (κ1) is 25.8. The molecular weight excluding hydrogens is 445 g/mol. The zero-order chi connectivity index (χ0) is 24.9. The fraction of sp³-hybridized carbons (Fsp3) is 0.935. The van der Waals surface area contributed by atoms with Crippen molar-refractivity contribution in [3.8, 4) is 0 Å². The molecule has 5 aliphatic rings. The third kappa shape index (κ3) is 3.83. The van der Waals surface area contributed by atoms with Gasteiger partial charge in [-0.3, -0.25) is 0 Å². The quantitative estimate of drug-likeness (QED) is 0.350. The van der Waals surface area contributed by atoms with E-state index in [-0.39, 0.29) is 0 Å². The number of hydrogen-bond acceptors (Lipinski definition) is 1. The maximum absolute atomic E-state index is 7.18. The van der Waals surface area contributed by atoms with Gasteiger partial charge in [0.25, 0.3) is 0 Å². The molecule has 0 heterocycles. The summed E-state index contributed by atoms with van der Waals surface area (Å²) in [5.74, 6) is 4.77. The second kappa shape index (κ2) is 8.06. The minimum Gasteiger partial charge on any atom is -0.413 e. The molecule has 0 aromatic heterocycles. The molecule has 4 saturated carbocycles. The highest BCUT2D eigenvalue weighted by Gasteiger charge is 2.62. The van der Waals surface area contributed by atoms with Crippen LogP contribution in [0.15, 0.2) is 10.8 Å². The van der Waals surface area contributed by atoms with Crippen molar-refractivity contribution in [1.29, 1.82) is 0 Å². The van der Waals surface area contributed by atoms with Gasteiger partial charge in [-0.1, -0.05) is 65.0 Å². The molecule has 0 N–H and O–H groups in total. The van der Waals surface area contributed by atoms with Crippen LogP contribution in [0.1, 0.15) is 98.8 Å². The number of rotatable bonds is 3. The van der Waals surface area contributed by atoms with Gasteiger partial charge in [-0.25, -0.2) is 0 Å².